The van der Waals surface area contributed by atoms with E-state index in [0.717, 1.165) is 5.56 Å². The van der Waals surface area contributed by atoms with Gasteiger partial charge in [0.1, 0.15) is 0 Å². The first kappa shape index (κ1) is 17.5. The number of nitrogens with zero attached hydrogens (tertiary/aromatic N) is 1. The minimum absolute atomic E-state index is 0.132. The Morgan fingerprint density at radius 3 is 2.71 bits per heavy atom. The number of carbonyl (C=O) groups is 2. The number of anilines is 1. The Balaban J connectivity index is 2.54. The van der Waals surface area contributed by atoms with Crippen LogP contribution < -0.4 is 5.32 Å². The van der Waals surface area contributed by atoms with Gasteiger partial charge in [-0.15, -0.1) is 0 Å². The summed E-state index contributed by atoms with van der Waals surface area (Å²) >= 11 is 6.02. The van der Waals surface area contributed by atoms with E-state index in [1.54, 1.807) is 12.1 Å². The lowest BCUT2D eigenvalue weighted by molar-refractivity contribution is -0.141. The van der Waals surface area contributed by atoms with E-state index in [0.29, 0.717) is 23.8 Å². The van der Waals surface area contributed by atoms with Gasteiger partial charge in [0, 0.05) is 17.3 Å². The minimum Gasteiger partial charge on any atom is -0.469 e. The van der Waals surface area contributed by atoms with Crippen molar-refractivity contribution in [3.63, 3.8) is 0 Å². The van der Waals surface area contributed by atoms with Crippen molar-refractivity contribution in [2.75, 3.05) is 32.1 Å². The van der Waals surface area contributed by atoms with Crippen molar-refractivity contribution in [2.45, 2.75) is 20.3 Å². The zero-order valence-electron chi connectivity index (χ0n) is 12.6. The molecule has 1 N–H and O–H groups in total. The number of ether oxygens (including phenoxy) is 1. The van der Waals surface area contributed by atoms with Gasteiger partial charge >= 0.3 is 5.97 Å². The predicted molar refractivity (Wildman–Crippen MR) is 83.6 cm³/mol. The highest BCUT2D eigenvalue weighted by Crippen LogP contribution is 2.22. The summed E-state index contributed by atoms with van der Waals surface area (Å²) in [5.41, 5.74) is 1.54. The van der Waals surface area contributed by atoms with Gasteiger partial charge in [-0.25, -0.2) is 0 Å². The number of likely N-dealkylation sites (N-methyl/N-ethyl adjacent to an activating group) is 1. The summed E-state index contributed by atoms with van der Waals surface area (Å²) in [4.78, 5) is 25.1. The normalized spacial score (nSPS) is 10.5. The third kappa shape index (κ3) is 5.73. The number of methoxy groups -OCH3 is 1. The van der Waals surface area contributed by atoms with E-state index in [9.17, 15) is 9.59 Å². The summed E-state index contributed by atoms with van der Waals surface area (Å²) in [6.45, 7) is 5.19. The third-order valence-electron chi connectivity index (χ3n) is 3.22. The van der Waals surface area contributed by atoms with Crippen molar-refractivity contribution in [1.82, 2.24) is 4.90 Å². The van der Waals surface area contributed by atoms with E-state index in [-0.39, 0.29) is 24.8 Å². The molecule has 0 fully saturated rings. The molecule has 0 heterocycles. The summed E-state index contributed by atoms with van der Waals surface area (Å²) in [6.07, 6.45) is 0.272. The molecule has 0 aliphatic rings. The second kappa shape index (κ2) is 8.64. The number of hydrogen-bond acceptors (Lipinski definition) is 4. The largest absolute Gasteiger partial charge is 0.469 e. The number of amides is 1. The van der Waals surface area contributed by atoms with Gasteiger partial charge in [0.2, 0.25) is 5.91 Å². The van der Waals surface area contributed by atoms with Crippen molar-refractivity contribution in [2.24, 2.45) is 0 Å². The number of halogens is 1. The molecule has 1 amide bonds. The van der Waals surface area contributed by atoms with E-state index < -0.39 is 0 Å². The topological polar surface area (TPSA) is 58.6 Å². The van der Waals surface area contributed by atoms with Gasteiger partial charge in [0.05, 0.1) is 20.1 Å². The monoisotopic (exact) mass is 312 g/mol. The molecular formula is C15H21ClN2O3. The average Bonchev–Trinajstić information content (AvgIpc) is 2.47. The van der Waals surface area contributed by atoms with Crippen molar-refractivity contribution in [1.29, 1.82) is 0 Å². The molecule has 0 spiro atoms. The van der Waals surface area contributed by atoms with Gasteiger partial charge in [-0.3, -0.25) is 14.5 Å². The van der Waals surface area contributed by atoms with Crippen molar-refractivity contribution < 1.29 is 14.3 Å². The van der Waals surface area contributed by atoms with Crippen molar-refractivity contribution in [3.8, 4) is 0 Å². The number of rotatable bonds is 7. The van der Waals surface area contributed by atoms with Crippen LogP contribution >= 0.6 is 11.6 Å². The van der Waals surface area contributed by atoms with Crippen LogP contribution in [0.5, 0.6) is 0 Å². The molecular weight excluding hydrogens is 292 g/mol. The number of esters is 1. The number of nitrogens with one attached hydrogen (secondary N) is 1. The molecule has 5 nitrogen and oxygen atoms in total. The molecule has 6 heteroatoms. The summed E-state index contributed by atoms with van der Waals surface area (Å²) in [6, 6.07) is 5.38. The van der Waals surface area contributed by atoms with Crippen LogP contribution in [0.4, 0.5) is 5.69 Å². The molecule has 0 saturated carbocycles. The van der Waals surface area contributed by atoms with Gasteiger partial charge in [-0.2, -0.15) is 0 Å². The van der Waals surface area contributed by atoms with Gasteiger partial charge in [0.25, 0.3) is 0 Å². The predicted octanol–water partition coefficient (Wildman–Crippen LogP) is 2.47. The molecule has 0 bridgehead atoms. The molecule has 0 saturated heterocycles. The van der Waals surface area contributed by atoms with E-state index in [1.165, 1.54) is 7.11 Å². The Bertz CT molecular complexity index is 506. The summed E-state index contributed by atoms with van der Waals surface area (Å²) < 4.78 is 4.59. The Morgan fingerprint density at radius 1 is 1.38 bits per heavy atom. The van der Waals surface area contributed by atoms with Crippen LogP contribution in [-0.2, 0) is 14.3 Å². The van der Waals surface area contributed by atoms with Gasteiger partial charge in [-0.05, 0) is 31.2 Å². The van der Waals surface area contributed by atoms with Crippen molar-refractivity contribution >= 4 is 29.2 Å². The van der Waals surface area contributed by atoms with E-state index in [2.05, 4.69) is 10.1 Å². The first-order chi connectivity index (χ1) is 9.97. The van der Waals surface area contributed by atoms with Crippen LogP contribution in [0.1, 0.15) is 18.9 Å². The van der Waals surface area contributed by atoms with E-state index >= 15 is 0 Å². The second-order valence-electron chi connectivity index (χ2n) is 4.66. The molecule has 0 atom stereocenters. The molecule has 0 aliphatic carbocycles. The highest BCUT2D eigenvalue weighted by molar-refractivity contribution is 6.31. The molecule has 0 unspecified atom stereocenters. The highest BCUT2D eigenvalue weighted by Gasteiger charge is 2.12. The summed E-state index contributed by atoms with van der Waals surface area (Å²) in [5.74, 6) is -0.411. The Kier molecular flexibility index (Phi) is 7.19. The van der Waals surface area contributed by atoms with Gasteiger partial charge in [0.15, 0.2) is 0 Å². The molecule has 0 aliphatic heterocycles. The zero-order chi connectivity index (χ0) is 15.8. The van der Waals surface area contributed by atoms with Crippen LogP contribution in [0.25, 0.3) is 0 Å². The quantitative estimate of drug-likeness (QED) is 0.786. The first-order valence-electron chi connectivity index (χ1n) is 6.82. The van der Waals surface area contributed by atoms with Crippen molar-refractivity contribution in [3.05, 3.63) is 28.8 Å². The highest BCUT2D eigenvalue weighted by atomic mass is 35.5. The van der Waals surface area contributed by atoms with Crippen LogP contribution in [-0.4, -0.2) is 43.5 Å². The Morgan fingerprint density at radius 2 is 2.10 bits per heavy atom. The van der Waals surface area contributed by atoms with Crippen LogP contribution in [0.15, 0.2) is 18.2 Å². The maximum atomic E-state index is 12.0. The molecule has 116 valence electrons. The maximum Gasteiger partial charge on any atom is 0.306 e. The van der Waals surface area contributed by atoms with Gasteiger partial charge in [-0.1, -0.05) is 24.6 Å². The smallest absolute Gasteiger partial charge is 0.306 e. The fourth-order valence-electron chi connectivity index (χ4n) is 1.84. The lowest BCUT2D eigenvalue weighted by atomic mass is 10.2. The lowest BCUT2D eigenvalue weighted by Gasteiger charge is -2.19. The van der Waals surface area contributed by atoms with Crippen LogP contribution in [0, 0.1) is 6.92 Å². The molecule has 1 aromatic rings. The third-order valence-corrected chi connectivity index (χ3v) is 3.63. The fourth-order valence-corrected chi connectivity index (χ4v) is 2.01. The molecule has 1 aromatic carbocycles. The fraction of sp³-hybridized carbons (Fsp3) is 0.467. The lowest BCUT2D eigenvalue weighted by Crippen LogP contribution is -2.34. The Hall–Kier alpha value is -1.59. The minimum atomic E-state index is -0.278. The van der Waals surface area contributed by atoms with E-state index in [1.807, 2.05) is 24.8 Å². The van der Waals surface area contributed by atoms with Crippen LogP contribution in [0.3, 0.4) is 0 Å². The second-order valence-corrected chi connectivity index (χ2v) is 5.06. The average molecular weight is 313 g/mol. The standard InChI is InChI=1S/C15H21ClN2O3/c1-4-18(9-8-15(20)21-3)10-14(19)17-13-7-5-6-12(16)11(13)2/h5-7H,4,8-10H2,1-3H3,(H,17,19). The summed E-state index contributed by atoms with van der Waals surface area (Å²) in [5, 5.41) is 3.45. The van der Waals surface area contributed by atoms with E-state index in [4.69, 9.17) is 11.6 Å². The SMILES string of the molecule is CCN(CCC(=O)OC)CC(=O)Nc1cccc(Cl)c1C. The molecule has 0 aromatic heterocycles. The Labute approximate surface area is 130 Å². The molecule has 21 heavy (non-hydrogen) atoms. The molecule has 1 rings (SSSR count). The number of carbonyl (C=O) groups excluding carboxylic acids is 2. The molecule has 0 radical (unpaired) electrons. The summed E-state index contributed by atoms with van der Waals surface area (Å²) in [7, 11) is 1.35. The number of hydrogen-bond donors (Lipinski definition) is 1. The van der Waals surface area contributed by atoms with Gasteiger partial charge < -0.3 is 10.1 Å². The number of benzene rings is 1. The first-order valence-corrected chi connectivity index (χ1v) is 7.19. The zero-order valence-corrected chi connectivity index (χ0v) is 13.4. The maximum absolute atomic E-state index is 12.0. The van der Waals surface area contributed by atoms with Crippen LogP contribution in [0.2, 0.25) is 5.02 Å².